The van der Waals surface area contributed by atoms with E-state index in [1.165, 1.54) is 58.3 Å². The Balaban J connectivity index is 0.000000128. The Kier molecular flexibility index (Phi) is 21.6. The lowest BCUT2D eigenvalue weighted by molar-refractivity contribution is 0.0302. The van der Waals surface area contributed by atoms with E-state index in [0.29, 0.717) is 121 Å². The zero-order valence-corrected chi connectivity index (χ0v) is 56.9. The highest BCUT2D eigenvalue weighted by atomic mass is 32.1. The molecule has 0 bridgehead atoms. The molecule has 9 aromatic carbocycles. The van der Waals surface area contributed by atoms with Crippen molar-refractivity contribution in [3.8, 4) is 65.4 Å². The van der Waals surface area contributed by atoms with Gasteiger partial charge in [-0.2, -0.15) is 0 Å². The molecule has 15 rings (SSSR count). The first kappa shape index (κ1) is 69.7. The van der Waals surface area contributed by atoms with Gasteiger partial charge >= 0.3 is 5.97 Å². The van der Waals surface area contributed by atoms with Gasteiger partial charge in [0.15, 0.2) is 25.1 Å². The summed E-state index contributed by atoms with van der Waals surface area (Å²) in [4.78, 5) is 106. The smallest absolute Gasteiger partial charge is 0.345 e. The van der Waals surface area contributed by atoms with Gasteiger partial charge in [0.05, 0.1) is 58.4 Å². The van der Waals surface area contributed by atoms with E-state index in [1.54, 1.807) is 42.5 Å². The number of hydrogen-bond acceptors (Lipinski definition) is 18. The number of aromatic hydroxyl groups is 4. The zero-order valence-electron chi connectivity index (χ0n) is 54.4. The molecule has 510 valence electrons. The predicted octanol–water partition coefficient (Wildman–Crippen LogP) is 14.3. The number of amides is 3. The van der Waals surface area contributed by atoms with Gasteiger partial charge in [-0.15, -0.1) is 34.0 Å². The second-order valence-corrected chi connectivity index (χ2v) is 27.2. The van der Waals surface area contributed by atoms with Crippen LogP contribution in [0.15, 0.2) is 182 Å². The molecule has 19 nitrogen and oxygen atoms in total. The van der Waals surface area contributed by atoms with Crippen molar-refractivity contribution in [2.24, 2.45) is 0 Å². The van der Waals surface area contributed by atoms with E-state index in [9.17, 15) is 58.8 Å². The van der Waals surface area contributed by atoms with Crippen LogP contribution in [0.25, 0.3) is 85.5 Å². The molecule has 3 aliphatic heterocycles. The van der Waals surface area contributed by atoms with Gasteiger partial charge in [0.25, 0.3) is 17.7 Å². The number of piperazine rings is 1. The first-order valence-corrected chi connectivity index (χ1v) is 34.7. The molecule has 6 heterocycles. The van der Waals surface area contributed by atoms with Crippen LogP contribution < -0.4 is 0 Å². The number of carboxylic acid groups (broad SMARTS) is 1. The highest BCUT2D eigenvalue weighted by molar-refractivity contribution is 7.18. The van der Waals surface area contributed by atoms with E-state index in [-0.39, 0.29) is 51.2 Å². The summed E-state index contributed by atoms with van der Waals surface area (Å²) in [6.07, 6.45) is 2.64. The summed E-state index contributed by atoms with van der Waals surface area (Å²) >= 11 is 4.14. The monoisotopic (exact) mass is 1410 g/mol. The van der Waals surface area contributed by atoms with Gasteiger partial charge in [0.1, 0.15) is 27.9 Å². The molecule has 3 fully saturated rings. The van der Waals surface area contributed by atoms with Crippen molar-refractivity contribution in [2.45, 2.75) is 0 Å². The molecular weight excluding hydrogens is 1340 g/mol. The van der Waals surface area contributed by atoms with Crippen LogP contribution in [0, 0.1) is 0 Å². The number of nitrogens with zero attached hydrogens (tertiary/aromatic N) is 4. The Morgan fingerprint density at radius 1 is 0.347 bits per heavy atom. The third-order valence-corrected chi connectivity index (χ3v) is 21.1. The standard InChI is InChI=1S/C22H19NO4.C21H20N2O3S.C20H17NO4S.C16H10O4S/c24-14-20-19-7-5-17(13-18(19)6-8-21(20)25)15-1-3-16(4-2-15)22(26)23-9-11-27-12-10-23;1-22-8-10-23(11-9-22)21(26)20-7-6-19(27-20)15-2-4-16-14(12-15)3-5-18(25)17(16)13-24;22-12-16-15-3-1-14(11-13(15)2-4-17(16)23)18-5-6-19(26-18)20(24)21-7-9-25-10-8-21;17-8-12-11-3-1-10(7-9(11)2-4-13(12)18)14-5-6-15(21-14)16(19)20/h1-8,13-14,25H,9-12H2;2-7,12-13,25H,8-11H2,1H3;1-6,11-12,23H,7-10H2;1-8,18H,(H,19,20). The van der Waals surface area contributed by atoms with Crippen molar-refractivity contribution in [1.29, 1.82) is 0 Å². The van der Waals surface area contributed by atoms with Crippen LogP contribution >= 0.6 is 34.0 Å². The highest BCUT2D eigenvalue weighted by Gasteiger charge is 2.25. The summed E-state index contributed by atoms with van der Waals surface area (Å²) in [5.41, 5.74) is 6.63. The average Bonchev–Trinajstić information content (AvgIpc) is 1.79. The molecule has 3 aliphatic rings. The molecule has 3 aromatic heterocycles. The predicted molar refractivity (Wildman–Crippen MR) is 393 cm³/mol. The van der Waals surface area contributed by atoms with Gasteiger partial charge in [-0.3, -0.25) is 33.6 Å². The van der Waals surface area contributed by atoms with Crippen molar-refractivity contribution in [2.75, 3.05) is 85.8 Å². The Labute approximate surface area is 591 Å². The van der Waals surface area contributed by atoms with Gasteiger partial charge in [-0.05, 0) is 175 Å². The number of hydrogen-bond donors (Lipinski definition) is 5. The molecule has 0 atom stereocenters. The molecule has 101 heavy (non-hydrogen) atoms. The first-order valence-electron chi connectivity index (χ1n) is 32.2. The SMILES string of the molecule is CN1CCN(C(=O)c2ccc(-c3ccc4c(C=O)c(O)ccc4c3)s2)CC1.O=Cc1c(O)ccc2cc(-c3ccc(C(=O)N4CCOCC4)cc3)ccc12.O=Cc1c(O)ccc2cc(-c3ccc(C(=O)N4CCOCC4)s3)ccc12.O=Cc1c(O)ccc2cc(-c3ccc(C(=O)O)s3)ccc12. The highest BCUT2D eigenvalue weighted by Crippen LogP contribution is 2.38. The minimum absolute atomic E-state index is 0.0126. The second-order valence-electron chi connectivity index (χ2n) is 24.0. The summed E-state index contributed by atoms with van der Waals surface area (Å²) < 4.78 is 10.6. The first-order chi connectivity index (χ1) is 49.0. The maximum absolute atomic E-state index is 12.7. The number of carbonyl (C=O) groups is 8. The number of ether oxygens (including phenoxy) is 2. The lowest BCUT2D eigenvalue weighted by atomic mass is 9.97. The van der Waals surface area contributed by atoms with E-state index in [1.807, 2.05) is 130 Å². The van der Waals surface area contributed by atoms with Gasteiger partial charge < -0.3 is 54.6 Å². The van der Waals surface area contributed by atoms with E-state index in [4.69, 9.17) is 14.6 Å². The summed E-state index contributed by atoms with van der Waals surface area (Å²) in [5, 5.41) is 54.3. The van der Waals surface area contributed by atoms with Crippen molar-refractivity contribution < 1.29 is 73.4 Å². The maximum atomic E-state index is 12.7. The molecule has 3 saturated heterocycles. The summed E-state index contributed by atoms with van der Waals surface area (Å²) in [6.45, 7) is 8.15. The van der Waals surface area contributed by atoms with Crippen LogP contribution in [0.5, 0.6) is 23.0 Å². The Morgan fingerprint density at radius 2 is 0.653 bits per heavy atom. The number of likely N-dealkylation sites (N-methyl/N-ethyl adjacent to an activating group) is 1. The Hall–Kier alpha value is -11.2. The second kappa shape index (κ2) is 31.3. The van der Waals surface area contributed by atoms with Crippen LogP contribution in [-0.4, -0.2) is 180 Å². The number of thiophene rings is 3. The number of benzene rings is 9. The minimum atomic E-state index is -0.944. The molecule has 22 heteroatoms. The molecule has 0 aliphatic carbocycles. The van der Waals surface area contributed by atoms with Gasteiger partial charge in [-0.25, -0.2) is 4.79 Å². The molecular formula is C79H66N4O15S3. The number of phenols is 4. The number of fused-ring (bicyclic) bond motifs is 4. The molecule has 0 radical (unpaired) electrons. The topological polar surface area (TPSA) is 269 Å². The van der Waals surface area contributed by atoms with Gasteiger partial charge in [0, 0.05) is 72.6 Å². The lowest BCUT2D eigenvalue weighted by Gasteiger charge is -2.32. The van der Waals surface area contributed by atoms with Gasteiger partial charge in [0.2, 0.25) is 0 Å². The third kappa shape index (κ3) is 15.5. The number of aromatic carboxylic acids is 1. The van der Waals surface area contributed by atoms with E-state index in [0.717, 1.165) is 100 Å². The van der Waals surface area contributed by atoms with Crippen LogP contribution in [0.2, 0.25) is 0 Å². The fraction of sp³-hybridized carbons (Fsp3) is 0.165. The zero-order chi connectivity index (χ0) is 70.8. The van der Waals surface area contributed by atoms with E-state index in [2.05, 4.69) is 11.9 Å². The normalized spacial score (nSPS) is 13.9. The molecule has 0 spiro atoms. The summed E-state index contributed by atoms with van der Waals surface area (Å²) in [5.74, 6) is -0.886. The lowest BCUT2D eigenvalue weighted by Crippen LogP contribution is -2.46. The fourth-order valence-corrected chi connectivity index (χ4v) is 15.0. The molecule has 0 unspecified atom stereocenters. The number of morpholine rings is 2. The van der Waals surface area contributed by atoms with Crippen LogP contribution in [0.3, 0.4) is 0 Å². The number of aldehydes is 4. The van der Waals surface area contributed by atoms with Crippen molar-refractivity contribution in [3.63, 3.8) is 0 Å². The largest absolute Gasteiger partial charge is 0.507 e. The van der Waals surface area contributed by atoms with E-state index >= 15 is 0 Å². The number of rotatable bonds is 12. The number of carbonyl (C=O) groups excluding carboxylic acids is 7. The number of carboxylic acids is 1. The number of phenolic OH excluding ortho intramolecular Hbond substituents is 4. The minimum Gasteiger partial charge on any atom is -0.507 e. The van der Waals surface area contributed by atoms with Crippen molar-refractivity contribution in [3.05, 3.63) is 224 Å². The van der Waals surface area contributed by atoms with E-state index < -0.39 is 5.97 Å². The Bertz CT molecular complexity index is 5160. The quantitative estimate of drug-likeness (QED) is 0.0712. The average molecular weight is 1410 g/mol. The third-order valence-electron chi connectivity index (χ3n) is 17.8. The molecule has 3 amide bonds. The van der Waals surface area contributed by atoms with Crippen LogP contribution in [0.4, 0.5) is 0 Å². The van der Waals surface area contributed by atoms with Crippen molar-refractivity contribution >= 4 is 126 Å². The molecule has 0 saturated carbocycles. The van der Waals surface area contributed by atoms with Crippen molar-refractivity contribution in [1.82, 2.24) is 19.6 Å². The van der Waals surface area contributed by atoms with Gasteiger partial charge in [-0.1, -0.05) is 84.9 Å². The summed E-state index contributed by atoms with van der Waals surface area (Å²) in [6, 6.07) is 54.3. The summed E-state index contributed by atoms with van der Waals surface area (Å²) in [7, 11) is 2.07. The molecule has 12 aromatic rings. The Morgan fingerprint density at radius 3 is 1.00 bits per heavy atom. The van der Waals surface area contributed by atoms with Crippen LogP contribution in [0.1, 0.15) is 80.8 Å². The maximum Gasteiger partial charge on any atom is 0.345 e. The molecule has 5 N–H and O–H groups in total. The fourth-order valence-electron chi connectivity index (χ4n) is 12.2. The van der Waals surface area contributed by atoms with Crippen LogP contribution in [-0.2, 0) is 9.47 Å².